The van der Waals surface area contributed by atoms with Gasteiger partial charge in [0.25, 0.3) is 0 Å². The molecule has 1 unspecified atom stereocenters. The van der Waals surface area contributed by atoms with Crippen LogP contribution in [-0.4, -0.2) is 30.1 Å². The molecule has 12 heavy (non-hydrogen) atoms. The van der Waals surface area contributed by atoms with Crippen LogP contribution in [0.1, 0.15) is 6.92 Å². The Morgan fingerprint density at radius 1 is 1.58 bits per heavy atom. The molecule has 1 N–H and O–H groups in total. The van der Waals surface area contributed by atoms with E-state index in [0.717, 1.165) is 0 Å². The molecule has 0 aliphatic heterocycles. The third-order valence-corrected chi connectivity index (χ3v) is 0.861. The summed E-state index contributed by atoms with van der Waals surface area (Å²) in [6.07, 6.45) is -5.98. The van der Waals surface area contributed by atoms with E-state index in [9.17, 15) is 18.0 Å². The average molecular weight is 188 g/mol. The molecule has 0 amide bonds. The summed E-state index contributed by atoms with van der Waals surface area (Å²) in [6, 6.07) is 0. The summed E-state index contributed by atoms with van der Waals surface area (Å²) in [7, 11) is 0. The smallest absolute Gasteiger partial charge is 0.456 e. The maximum atomic E-state index is 11.4. The predicted molar refractivity (Wildman–Crippen MR) is 30.2 cm³/mol. The summed E-state index contributed by atoms with van der Waals surface area (Å²) in [5.41, 5.74) is 0. The van der Waals surface area contributed by atoms with Gasteiger partial charge >= 0.3 is 12.1 Å². The SMILES string of the molecule is CC(COC(=O)C(F)(F)F)OO. The summed E-state index contributed by atoms with van der Waals surface area (Å²) in [5, 5.41) is 7.88. The summed E-state index contributed by atoms with van der Waals surface area (Å²) in [4.78, 5) is 13.6. The molecule has 0 bridgehead atoms. The van der Waals surface area contributed by atoms with Crippen molar-refractivity contribution >= 4 is 5.97 Å². The second-order valence-corrected chi connectivity index (χ2v) is 2.01. The van der Waals surface area contributed by atoms with Crippen molar-refractivity contribution in [1.29, 1.82) is 0 Å². The number of esters is 1. The molecule has 1 atom stereocenters. The van der Waals surface area contributed by atoms with E-state index < -0.39 is 24.9 Å². The molecule has 0 saturated carbocycles. The van der Waals surface area contributed by atoms with Crippen LogP contribution in [0.3, 0.4) is 0 Å². The Labute approximate surface area is 65.8 Å². The van der Waals surface area contributed by atoms with Gasteiger partial charge in [-0.05, 0) is 6.92 Å². The van der Waals surface area contributed by atoms with Crippen LogP contribution >= 0.6 is 0 Å². The second kappa shape index (κ2) is 4.27. The fourth-order valence-electron chi connectivity index (χ4n) is 0.305. The number of rotatable bonds is 3. The van der Waals surface area contributed by atoms with Gasteiger partial charge in [0.05, 0.1) is 0 Å². The minimum Gasteiger partial charge on any atom is -0.456 e. The van der Waals surface area contributed by atoms with E-state index >= 15 is 0 Å². The monoisotopic (exact) mass is 188 g/mol. The molecule has 0 rings (SSSR count). The van der Waals surface area contributed by atoms with Crippen molar-refractivity contribution in [3.05, 3.63) is 0 Å². The van der Waals surface area contributed by atoms with Crippen molar-refractivity contribution in [1.82, 2.24) is 0 Å². The van der Waals surface area contributed by atoms with Crippen LogP contribution in [0.25, 0.3) is 0 Å². The fraction of sp³-hybridized carbons (Fsp3) is 0.800. The molecule has 0 aliphatic rings. The molecule has 0 aliphatic carbocycles. The number of carbonyl (C=O) groups is 1. The van der Waals surface area contributed by atoms with E-state index in [4.69, 9.17) is 5.26 Å². The first-order valence-electron chi connectivity index (χ1n) is 2.92. The molecule has 0 fully saturated rings. The van der Waals surface area contributed by atoms with Crippen LogP contribution in [0, 0.1) is 0 Å². The molecule has 0 aromatic rings. The summed E-state index contributed by atoms with van der Waals surface area (Å²) >= 11 is 0. The first kappa shape index (κ1) is 11.2. The molecule has 7 heteroatoms. The van der Waals surface area contributed by atoms with Crippen LogP contribution in [-0.2, 0) is 14.4 Å². The minimum absolute atomic E-state index is 0.644. The third-order valence-electron chi connectivity index (χ3n) is 0.861. The highest BCUT2D eigenvalue weighted by atomic mass is 19.4. The van der Waals surface area contributed by atoms with Crippen molar-refractivity contribution in [2.75, 3.05) is 6.61 Å². The molecular formula is C5H7F3O4. The average Bonchev–Trinajstić information content (AvgIpc) is 1.97. The minimum atomic E-state index is -5.00. The van der Waals surface area contributed by atoms with Crippen molar-refractivity contribution in [3.8, 4) is 0 Å². The van der Waals surface area contributed by atoms with Gasteiger partial charge in [0.15, 0.2) is 0 Å². The summed E-state index contributed by atoms with van der Waals surface area (Å²) < 4.78 is 38.0. The molecule has 72 valence electrons. The molecule has 0 radical (unpaired) electrons. The van der Waals surface area contributed by atoms with E-state index in [-0.39, 0.29) is 0 Å². The van der Waals surface area contributed by atoms with E-state index in [1.165, 1.54) is 6.92 Å². The van der Waals surface area contributed by atoms with E-state index in [1.807, 2.05) is 0 Å². The number of alkyl halides is 3. The predicted octanol–water partition coefficient (Wildman–Crippen LogP) is 0.970. The van der Waals surface area contributed by atoms with Crippen molar-refractivity contribution in [2.45, 2.75) is 19.2 Å². The van der Waals surface area contributed by atoms with Gasteiger partial charge in [0.1, 0.15) is 12.7 Å². The fourth-order valence-corrected chi connectivity index (χ4v) is 0.305. The lowest BCUT2D eigenvalue weighted by molar-refractivity contribution is -0.283. The van der Waals surface area contributed by atoms with Gasteiger partial charge in [-0.3, -0.25) is 5.26 Å². The first-order chi connectivity index (χ1) is 5.38. The number of carbonyl (C=O) groups excluding carboxylic acids is 1. The van der Waals surface area contributed by atoms with Gasteiger partial charge in [-0.25, -0.2) is 9.68 Å². The Bertz CT molecular complexity index is 155. The normalized spacial score (nSPS) is 14.1. The third kappa shape index (κ3) is 4.14. The van der Waals surface area contributed by atoms with Crippen molar-refractivity contribution in [3.63, 3.8) is 0 Å². The van der Waals surface area contributed by atoms with Gasteiger partial charge in [0.2, 0.25) is 0 Å². The lowest BCUT2D eigenvalue weighted by atomic mass is 10.4. The van der Waals surface area contributed by atoms with Crippen molar-refractivity contribution < 1.29 is 32.8 Å². The van der Waals surface area contributed by atoms with Crippen LogP contribution < -0.4 is 0 Å². The standard InChI is InChI=1S/C5H7F3O4/c1-3(12-10)2-11-4(9)5(6,7)8/h3,10H,2H2,1H3. The van der Waals surface area contributed by atoms with E-state index in [0.29, 0.717) is 0 Å². The Hall–Kier alpha value is -0.820. The number of hydrogen-bond acceptors (Lipinski definition) is 4. The highest BCUT2D eigenvalue weighted by molar-refractivity contribution is 5.75. The van der Waals surface area contributed by atoms with Crippen molar-refractivity contribution in [2.24, 2.45) is 0 Å². The van der Waals surface area contributed by atoms with Gasteiger partial charge < -0.3 is 4.74 Å². The molecule has 0 heterocycles. The molecule has 4 nitrogen and oxygen atoms in total. The topological polar surface area (TPSA) is 55.8 Å². The zero-order chi connectivity index (χ0) is 9.78. The summed E-state index contributed by atoms with van der Waals surface area (Å²) in [6.45, 7) is 0.596. The summed E-state index contributed by atoms with van der Waals surface area (Å²) in [5.74, 6) is -2.30. The lowest BCUT2D eigenvalue weighted by Gasteiger charge is -2.09. The lowest BCUT2D eigenvalue weighted by Crippen LogP contribution is -2.28. The van der Waals surface area contributed by atoms with Gasteiger partial charge in [-0.15, -0.1) is 0 Å². The Morgan fingerprint density at radius 3 is 2.42 bits per heavy atom. The number of hydrogen-bond donors (Lipinski definition) is 1. The quantitative estimate of drug-likeness (QED) is 0.407. The Kier molecular flexibility index (Phi) is 3.98. The van der Waals surface area contributed by atoms with E-state index in [2.05, 4.69) is 9.62 Å². The van der Waals surface area contributed by atoms with E-state index in [1.54, 1.807) is 0 Å². The Morgan fingerprint density at radius 2 is 2.08 bits per heavy atom. The zero-order valence-electron chi connectivity index (χ0n) is 6.09. The molecule has 0 spiro atoms. The van der Waals surface area contributed by atoms with Crippen LogP contribution in [0.2, 0.25) is 0 Å². The molecule has 0 saturated heterocycles. The largest absolute Gasteiger partial charge is 0.490 e. The van der Waals surface area contributed by atoms with Crippen LogP contribution in [0.5, 0.6) is 0 Å². The van der Waals surface area contributed by atoms with Crippen LogP contribution in [0.15, 0.2) is 0 Å². The number of halogens is 3. The second-order valence-electron chi connectivity index (χ2n) is 2.01. The number of ether oxygens (including phenoxy) is 1. The highest BCUT2D eigenvalue weighted by Gasteiger charge is 2.41. The zero-order valence-corrected chi connectivity index (χ0v) is 6.09. The van der Waals surface area contributed by atoms with Gasteiger partial charge in [-0.2, -0.15) is 13.2 Å². The van der Waals surface area contributed by atoms with Gasteiger partial charge in [0, 0.05) is 0 Å². The maximum absolute atomic E-state index is 11.4. The van der Waals surface area contributed by atoms with Crippen LogP contribution in [0.4, 0.5) is 13.2 Å². The first-order valence-corrected chi connectivity index (χ1v) is 2.92. The van der Waals surface area contributed by atoms with Gasteiger partial charge in [-0.1, -0.05) is 0 Å². The maximum Gasteiger partial charge on any atom is 0.490 e. The molecular weight excluding hydrogens is 181 g/mol. The Balaban J connectivity index is 3.73. The molecule has 0 aromatic heterocycles. The highest BCUT2D eigenvalue weighted by Crippen LogP contribution is 2.16. The molecule has 0 aromatic carbocycles.